The van der Waals surface area contributed by atoms with Crippen molar-refractivity contribution in [1.82, 2.24) is 10.2 Å². The van der Waals surface area contributed by atoms with Gasteiger partial charge in [0.1, 0.15) is 12.6 Å². The summed E-state index contributed by atoms with van der Waals surface area (Å²) in [6.07, 6.45) is 0.273. The summed E-state index contributed by atoms with van der Waals surface area (Å²) in [4.78, 5) is 28.7. The molecule has 3 aromatic rings. The average Bonchev–Trinajstić information content (AvgIpc) is 2.92. The third kappa shape index (κ3) is 7.69. The van der Waals surface area contributed by atoms with E-state index in [1.54, 1.807) is 61.5 Å². The van der Waals surface area contributed by atoms with Gasteiger partial charge in [0.2, 0.25) is 11.8 Å². The van der Waals surface area contributed by atoms with Crippen molar-refractivity contribution in [3.8, 4) is 0 Å². The lowest BCUT2D eigenvalue weighted by atomic mass is 10.1. The number of sulfonamides is 1. The van der Waals surface area contributed by atoms with Crippen LogP contribution in [0.1, 0.15) is 32.8 Å². The largest absolute Gasteiger partial charge is 0.354 e. The molecule has 7 nitrogen and oxygen atoms in total. The molecule has 0 heterocycles. The Morgan fingerprint density at radius 1 is 0.850 bits per heavy atom. The zero-order valence-electron chi connectivity index (χ0n) is 22.5. The molecule has 0 aliphatic carbocycles. The van der Waals surface area contributed by atoms with Gasteiger partial charge in [0, 0.05) is 28.7 Å². The van der Waals surface area contributed by atoms with Gasteiger partial charge in [-0.2, -0.15) is 0 Å². The van der Waals surface area contributed by atoms with Gasteiger partial charge >= 0.3 is 0 Å². The Morgan fingerprint density at radius 2 is 1.43 bits per heavy atom. The van der Waals surface area contributed by atoms with Crippen LogP contribution >= 0.6 is 34.8 Å². The van der Waals surface area contributed by atoms with E-state index in [1.165, 1.54) is 23.1 Å². The molecule has 0 aliphatic rings. The van der Waals surface area contributed by atoms with Crippen LogP contribution < -0.4 is 9.62 Å². The van der Waals surface area contributed by atoms with Gasteiger partial charge < -0.3 is 10.2 Å². The molecule has 0 aromatic heterocycles. The Bertz CT molecular complexity index is 1420. The van der Waals surface area contributed by atoms with E-state index < -0.39 is 28.5 Å². The number of amides is 2. The lowest BCUT2D eigenvalue weighted by Gasteiger charge is -2.34. The van der Waals surface area contributed by atoms with Gasteiger partial charge in [0.25, 0.3) is 10.0 Å². The first kappa shape index (κ1) is 31.7. The molecule has 40 heavy (non-hydrogen) atoms. The average molecular weight is 625 g/mol. The molecule has 0 saturated carbocycles. The number of benzene rings is 3. The molecular weight excluding hydrogens is 593 g/mol. The van der Waals surface area contributed by atoms with E-state index in [2.05, 4.69) is 5.32 Å². The van der Waals surface area contributed by atoms with E-state index in [4.69, 9.17) is 34.8 Å². The van der Waals surface area contributed by atoms with Crippen LogP contribution in [0.3, 0.4) is 0 Å². The highest BCUT2D eigenvalue weighted by molar-refractivity contribution is 7.92. The molecule has 0 fully saturated rings. The molecule has 2 amide bonds. The van der Waals surface area contributed by atoms with E-state index >= 15 is 0 Å². The fourth-order valence-electron chi connectivity index (χ4n) is 4.08. The van der Waals surface area contributed by atoms with Gasteiger partial charge in [-0.3, -0.25) is 13.9 Å². The molecule has 0 spiro atoms. The summed E-state index contributed by atoms with van der Waals surface area (Å²) >= 11 is 19.3. The SMILES string of the molecule is CCC(C(=O)NCC(C)C)N(Cc1c(Cl)cccc1Cl)C(=O)CN(c1ccccc1Cl)S(=O)(=O)c1ccccc1. The molecule has 1 N–H and O–H groups in total. The highest BCUT2D eigenvalue weighted by atomic mass is 35.5. The van der Waals surface area contributed by atoms with Crippen molar-refractivity contribution in [2.24, 2.45) is 5.92 Å². The van der Waals surface area contributed by atoms with Gasteiger partial charge in [-0.25, -0.2) is 8.42 Å². The number of rotatable bonds is 12. The Morgan fingerprint density at radius 3 is 2.00 bits per heavy atom. The van der Waals surface area contributed by atoms with E-state index in [-0.39, 0.29) is 40.4 Å². The summed E-state index contributed by atoms with van der Waals surface area (Å²) in [7, 11) is -4.22. The van der Waals surface area contributed by atoms with E-state index in [0.717, 1.165) is 4.31 Å². The van der Waals surface area contributed by atoms with Gasteiger partial charge in [-0.05, 0) is 48.7 Å². The fourth-order valence-corrected chi connectivity index (χ4v) is 6.34. The number of halogens is 3. The van der Waals surface area contributed by atoms with Gasteiger partial charge in [-0.1, -0.05) is 92.0 Å². The Kier molecular flexibility index (Phi) is 11.3. The number of nitrogens with zero attached hydrogens (tertiary/aromatic N) is 2. The number of nitrogens with one attached hydrogen (secondary N) is 1. The number of anilines is 1. The molecule has 214 valence electrons. The molecule has 0 saturated heterocycles. The first-order chi connectivity index (χ1) is 19.0. The van der Waals surface area contributed by atoms with Crippen LogP contribution in [-0.4, -0.2) is 44.3 Å². The normalized spacial score (nSPS) is 12.2. The standard InChI is InChI=1S/C29H32Cl3N3O4S/c1-4-26(29(37)33-17-20(2)3)34(18-22-23(30)14-10-15-24(22)31)28(36)19-35(27-16-9-8-13-25(27)32)40(38,39)21-11-6-5-7-12-21/h5-16,20,26H,4,17-19H2,1-3H3,(H,33,37). The van der Waals surface area contributed by atoms with Gasteiger partial charge in [0.05, 0.1) is 15.6 Å². The van der Waals surface area contributed by atoms with E-state index in [1.807, 2.05) is 13.8 Å². The number of hydrogen-bond acceptors (Lipinski definition) is 4. The third-order valence-corrected chi connectivity index (χ3v) is 8.99. The molecule has 3 aromatic carbocycles. The Labute approximate surface area is 251 Å². The monoisotopic (exact) mass is 623 g/mol. The molecule has 1 unspecified atom stereocenters. The molecule has 11 heteroatoms. The third-order valence-electron chi connectivity index (χ3n) is 6.19. The second-order valence-corrected chi connectivity index (χ2v) is 12.6. The topological polar surface area (TPSA) is 86.8 Å². The van der Waals surface area contributed by atoms with Crippen LogP contribution in [0.15, 0.2) is 77.7 Å². The van der Waals surface area contributed by atoms with Crippen LogP contribution in [0.4, 0.5) is 5.69 Å². The van der Waals surface area contributed by atoms with Crippen molar-refractivity contribution in [3.05, 3.63) is 93.4 Å². The molecule has 3 rings (SSSR count). The maximum absolute atomic E-state index is 14.1. The molecule has 0 radical (unpaired) electrons. The lowest BCUT2D eigenvalue weighted by molar-refractivity contribution is -0.140. The number of carbonyl (C=O) groups excluding carboxylic acids is 2. The smallest absolute Gasteiger partial charge is 0.264 e. The quantitative estimate of drug-likeness (QED) is 0.252. The van der Waals surface area contributed by atoms with Crippen molar-refractivity contribution in [3.63, 3.8) is 0 Å². The zero-order chi connectivity index (χ0) is 29.4. The predicted octanol–water partition coefficient (Wildman–Crippen LogP) is 6.42. The van der Waals surface area contributed by atoms with E-state index in [9.17, 15) is 18.0 Å². The van der Waals surface area contributed by atoms with Crippen molar-refractivity contribution in [2.75, 3.05) is 17.4 Å². The summed E-state index contributed by atoms with van der Waals surface area (Å²) < 4.78 is 28.6. The number of para-hydroxylation sites is 1. The number of carbonyl (C=O) groups is 2. The Hall–Kier alpha value is -2.78. The minimum absolute atomic E-state index is 0.00913. The summed E-state index contributed by atoms with van der Waals surface area (Å²) in [5.74, 6) is -0.791. The lowest BCUT2D eigenvalue weighted by Crippen LogP contribution is -2.52. The van der Waals surface area contributed by atoms with Crippen LogP contribution in [0.5, 0.6) is 0 Å². The highest BCUT2D eigenvalue weighted by Crippen LogP contribution is 2.32. The summed E-state index contributed by atoms with van der Waals surface area (Å²) in [6.45, 7) is 5.40. The second kappa shape index (κ2) is 14.2. The van der Waals surface area contributed by atoms with Crippen molar-refractivity contribution in [1.29, 1.82) is 0 Å². The summed E-state index contributed by atoms with van der Waals surface area (Å²) in [6, 6.07) is 18.2. The molecular formula is C29H32Cl3N3O4S. The first-order valence-corrected chi connectivity index (χ1v) is 15.4. The summed E-state index contributed by atoms with van der Waals surface area (Å²) in [5.41, 5.74) is 0.582. The molecule has 0 aliphatic heterocycles. The van der Waals surface area contributed by atoms with Crippen LogP contribution in [0.2, 0.25) is 15.1 Å². The molecule has 0 bridgehead atoms. The first-order valence-electron chi connectivity index (χ1n) is 12.8. The van der Waals surface area contributed by atoms with Crippen LogP contribution in [-0.2, 0) is 26.2 Å². The van der Waals surface area contributed by atoms with Crippen LogP contribution in [0.25, 0.3) is 0 Å². The number of hydrogen-bond donors (Lipinski definition) is 1. The Balaban J connectivity index is 2.09. The molecule has 1 atom stereocenters. The maximum Gasteiger partial charge on any atom is 0.264 e. The van der Waals surface area contributed by atoms with Crippen molar-refractivity contribution in [2.45, 2.75) is 44.7 Å². The van der Waals surface area contributed by atoms with Crippen LogP contribution in [0, 0.1) is 5.92 Å². The fraction of sp³-hybridized carbons (Fsp3) is 0.310. The predicted molar refractivity (Wildman–Crippen MR) is 161 cm³/mol. The van der Waals surface area contributed by atoms with Gasteiger partial charge in [-0.15, -0.1) is 0 Å². The van der Waals surface area contributed by atoms with Crippen molar-refractivity contribution >= 4 is 62.3 Å². The van der Waals surface area contributed by atoms with Crippen molar-refractivity contribution < 1.29 is 18.0 Å². The maximum atomic E-state index is 14.1. The second-order valence-electron chi connectivity index (χ2n) is 9.56. The van der Waals surface area contributed by atoms with E-state index in [0.29, 0.717) is 22.2 Å². The van der Waals surface area contributed by atoms with Gasteiger partial charge in [0.15, 0.2) is 0 Å². The highest BCUT2D eigenvalue weighted by Gasteiger charge is 2.34. The summed E-state index contributed by atoms with van der Waals surface area (Å²) in [5, 5.41) is 3.68. The minimum Gasteiger partial charge on any atom is -0.354 e. The minimum atomic E-state index is -4.22. The zero-order valence-corrected chi connectivity index (χ0v) is 25.6.